The van der Waals surface area contributed by atoms with Gasteiger partial charge in [0.1, 0.15) is 0 Å². The van der Waals surface area contributed by atoms with Gasteiger partial charge < -0.3 is 5.32 Å². The Morgan fingerprint density at radius 3 is 2.30 bits per heavy atom. The number of nitrogens with one attached hydrogen (secondary N) is 1. The van der Waals surface area contributed by atoms with Crippen LogP contribution in [0.2, 0.25) is 0 Å². The summed E-state index contributed by atoms with van der Waals surface area (Å²) in [5.74, 6) is -3.03. The lowest BCUT2D eigenvalue weighted by atomic mass is 9.89. The summed E-state index contributed by atoms with van der Waals surface area (Å²) in [5.41, 5.74) is 0.232. The Morgan fingerprint density at radius 1 is 1.05 bits per heavy atom. The molecule has 2 rings (SSSR count). The summed E-state index contributed by atoms with van der Waals surface area (Å²) < 4.78 is 40.2. The maximum atomic E-state index is 13.9. The van der Waals surface area contributed by atoms with Gasteiger partial charge in [-0.15, -0.1) is 0 Å². The summed E-state index contributed by atoms with van der Waals surface area (Å²) in [6.07, 6.45) is 8.01. The molecule has 0 aliphatic heterocycles. The predicted molar refractivity (Wildman–Crippen MR) is 73.9 cm³/mol. The van der Waals surface area contributed by atoms with Crippen LogP contribution in [0.4, 0.5) is 13.2 Å². The van der Waals surface area contributed by atoms with Crippen LogP contribution in [-0.4, -0.2) is 7.05 Å². The van der Waals surface area contributed by atoms with Crippen molar-refractivity contribution in [3.05, 3.63) is 35.1 Å². The molecule has 4 heteroatoms. The van der Waals surface area contributed by atoms with Crippen LogP contribution in [0.25, 0.3) is 0 Å². The number of halogens is 3. The molecule has 1 nitrogen and oxygen atoms in total. The van der Waals surface area contributed by atoms with Gasteiger partial charge in [-0.25, -0.2) is 13.2 Å². The first-order valence-electron chi connectivity index (χ1n) is 7.44. The average Bonchev–Trinajstić information content (AvgIpc) is 2.71. The number of hydrogen-bond acceptors (Lipinski definition) is 1. The third-order valence-corrected chi connectivity index (χ3v) is 4.33. The topological polar surface area (TPSA) is 12.0 Å². The first-order chi connectivity index (χ1) is 9.63. The molecule has 1 aliphatic rings. The lowest BCUT2D eigenvalue weighted by Crippen LogP contribution is -2.21. The monoisotopic (exact) mass is 285 g/mol. The van der Waals surface area contributed by atoms with E-state index >= 15 is 0 Å². The smallest absolute Gasteiger partial charge is 0.194 e. The maximum absolute atomic E-state index is 13.9. The van der Waals surface area contributed by atoms with E-state index in [4.69, 9.17) is 0 Å². The van der Waals surface area contributed by atoms with E-state index in [1.54, 1.807) is 7.05 Å². The van der Waals surface area contributed by atoms with Gasteiger partial charge in [-0.1, -0.05) is 44.6 Å². The minimum Gasteiger partial charge on any atom is -0.313 e. The Morgan fingerprint density at radius 2 is 1.70 bits per heavy atom. The van der Waals surface area contributed by atoms with Gasteiger partial charge in [0.05, 0.1) is 0 Å². The van der Waals surface area contributed by atoms with Gasteiger partial charge in [0, 0.05) is 11.6 Å². The van der Waals surface area contributed by atoms with Crippen LogP contribution >= 0.6 is 0 Å². The molecule has 1 aliphatic carbocycles. The van der Waals surface area contributed by atoms with Crippen LogP contribution in [0.3, 0.4) is 0 Å². The van der Waals surface area contributed by atoms with Gasteiger partial charge in [0.25, 0.3) is 0 Å². The van der Waals surface area contributed by atoms with Crippen molar-refractivity contribution in [1.29, 1.82) is 0 Å². The Labute approximate surface area is 118 Å². The van der Waals surface area contributed by atoms with Crippen molar-refractivity contribution in [3.63, 3.8) is 0 Å². The Kier molecular flexibility index (Phi) is 5.46. The molecule has 1 N–H and O–H groups in total. The second kappa shape index (κ2) is 7.11. The van der Waals surface area contributed by atoms with Crippen molar-refractivity contribution in [2.24, 2.45) is 5.92 Å². The summed E-state index contributed by atoms with van der Waals surface area (Å²) in [4.78, 5) is 0. The van der Waals surface area contributed by atoms with Crippen LogP contribution in [0.5, 0.6) is 0 Å². The van der Waals surface area contributed by atoms with Gasteiger partial charge in [-0.3, -0.25) is 0 Å². The molecule has 0 saturated heterocycles. The van der Waals surface area contributed by atoms with Crippen molar-refractivity contribution in [2.45, 2.75) is 51.0 Å². The van der Waals surface area contributed by atoms with E-state index in [0.29, 0.717) is 5.92 Å². The standard InChI is InChI=1S/C16H22F3N/c1-20-14(10-11-6-4-2-3-5-7-11)12-8-9-13(17)16(19)15(12)18/h8-9,11,14,20H,2-7,10H2,1H3. The third kappa shape index (κ3) is 3.54. The highest BCUT2D eigenvalue weighted by molar-refractivity contribution is 5.23. The highest BCUT2D eigenvalue weighted by atomic mass is 19.2. The van der Waals surface area contributed by atoms with Crippen molar-refractivity contribution in [2.75, 3.05) is 7.05 Å². The fourth-order valence-corrected chi connectivity index (χ4v) is 3.14. The zero-order valence-electron chi connectivity index (χ0n) is 11.9. The van der Waals surface area contributed by atoms with E-state index in [2.05, 4.69) is 5.32 Å². The van der Waals surface area contributed by atoms with Gasteiger partial charge >= 0.3 is 0 Å². The fraction of sp³-hybridized carbons (Fsp3) is 0.625. The van der Waals surface area contributed by atoms with Crippen molar-refractivity contribution in [3.8, 4) is 0 Å². The van der Waals surface area contributed by atoms with Crippen LogP contribution < -0.4 is 5.32 Å². The van der Waals surface area contributed by atoms with Gasteiger partial charge in [0.15, 0.2) is 17.5 Å². The molecule has 20 heavy (non-hydrogen) atoms. The van der Waals surface area contributed by atoms with Gasteiger partial charge in [-0.2, -0.15) is 0 Å². The van der Waals surface area contributed by atoms with Gasteiger partial charge in [0.2, 0.25) is 0 Å². The van der Waals surface area contributed by atoms with Crippen LogP contribution in [0.15, 0.2) is 12.1 Å². The molecule has 1 atom stereocenters. The van der Waals surface area contributed by atoms with E-state index in [1.807, 2.05) is 0 Å². The molecule has 0 amide bonds. The quantitative estimate of drug-likeness (QED) is 0.623. The second-order valence-corrected chi connectivity index (χ2v) is 5.70. The van der Waals surface area contributed by atoms with Crippen LogP contribution in [0, 0.1) is 23.4 Å². The first-order valence-corrected chi connectivity index (χ1v) is 7.44. The van der Waals surface area contributed by atoms with Crippen molar-refractivity contribution in [1.82, 2.24) is 5.32 Å². The molecular weight excluding hydrogens is 263 g/mol. The summed E-state index contributed by atoms with van der Waals surface area (Å²) in [7, 11) is 1.74. The Bertz CT molecular complexity index is 440. The number of benzene rings is 1. The molecule has 1 saturated carbocycles. The van der Waals surface area contributed by atoms with Crippen molar-refractivity contribution < 1.29 is 13.2 Å². The molecule has 0 spiro atoms. The van der Waals surface area contributed by atoms with E-state index < -0.39 is 17.5 Å². The average molecular weight is 285 g/mol. The summed E-state index contributed by atoms with van der Waals surface area (Å²) >= 11 is 0. The lowest BCUT2D eigenvalue weighted by molar-refractivity contribution is 0.355. The molecule has 112 valence electrons. The van der Waals surface area contributed by atoms with E-state index in [0.717, 1.165) is 25.3 Å². The zero-order valence-corrected chi connectivity index (χ0v) is 11.9. The van der Waals surface area contributed by atoms with Crippen LogP contribution in [-0.2, 0) is 0 Å². The molecule has 1 fully saturated rings. The molecule has 0 heterocycles. The molecule has 0 radical (unpaired) electrons. The normalized spacial score (nSPS) is 18.8. The molecule has 0 bridgehead atoms. The van der Waals surface area contributed by atoms with Crippen LogP contribution in [0.1, 0.15) is 56.6 Å². The molecule has 1 aromatic rings. The molecular formula is C16H22F3N. The highest BCUT2D eigenvalue weighted by Gasteiger charge is 2.23. The second-order valence-electron chi connectivity index (χ2n) is 5.70. The SMILES string of the molecule is CNC(CC1CCCCCC1)c1ccc(F)c(F)c1F. The number of rotatable bonds is 4. The molecule has 1 aromatic carbocycles. The zero-order chi connectivity index (χ0) is 14.5. The summed E-state index contributed by atoms with van der Waals surface area (Å²) in [6, 6.07) is 2.10. The highest BCUT2D eigenvalue weighted by Crippen LogP contribution is 2.32. The summed E-state index contributed by atoms with van der Waals surface area (Å²) in [5, 5.41) is 3.04. The fourth-order valence-electron chi connectivity index (χ4n) is 3.14. The molecule has 0 aromatic heterocycles. The van der Waals surface area contributed by atoms with E-state index in [1.165, 1.54) is 31.7 Å². The van der Waals surface area contributed by atoms with E-state index in [9.17, 15) is 13.2 Å². The lowest BCUT2D eigenvalue weighted by Gasteiger charge is -2.23. The predicted octanol–water partition coefficient (Wildman–Crippen LogP) is 4.72. The molecule has 1 unspecified atom stereocenters. The first kappa shape index (κ1) is 15.4. The Balaban J connectivity index is 2.13. The third-order valence-electron chi connectivity index (χ3n) is 4.33. The Hall–Kier alpha value is -1.03. The minimum atomic E-state index is -1.37. The number of hydrogen-bond donors (Lipinski definition) is 1. The minimum absolute atomic E-state index is 0.232. The van der Waals surface area contributed by atoms with Crippen molar-refractivity contribution >= 4 is 0 Å². The largest absolute Gasteiger partial charge is 0.313 e. The summed E-state index contributed by atoms with van der Waals surface area (Å²) in [6.45, 7) is 0. The maximum Gasteiger partial charge on any atom is 0.194 e. The van der Waals surface area contributed by atoms with Gasteiger partial charge in [-0.05, 0) is 25.5 Å². The van der Waals surface area contributed by atoms with E-state index in [-0.39, 0.29) is 11.6 Å².